The summed E-state index contributed by atoms with van der Waals surface area (Å²) in [5.74, 6) is 1.25. The molecule has 3 rings (SSSR count). The molecule has 0 bridgehead atoms. The van der Waals surface area contributed by atoms with Gasteiger partial charge in [0.1, 0.15) is 12.7 Å². The summed E-state index contributed by atoms with van der Waals surface area (Å²) in [6.45, 7) is 3.92. The molecule has 2 saturated heterocycles. The Morgan fingerprint density at radius 2 is 2.08 bits per heavy atom. The summed E-state index contributed by atoms with van der Waals surface area (Å²) in [6, 6.07) is 0. The van der Waals surface area contributed by atoms with E-state index in [9.17, 15) is 8.42 Å². The van der Waals surface area contributed by atoms with Crippen molar-refractivity contribution in [3.05, 3.63) is 11.7 Å². The summed E-state index contributed by atoms with van der Waals surface area (Å²) in [6.07, 6.45) is 3.90. The van der Waals surface area contributed by atoms with E-state index in [0.29, 0.717) is 44.1 Å². The van der Waals surface area contributed by atoms with Crippen LogP contribution >= 0.6 is 0 Å². The van der Waals surface area contributed by atoms with Gasteiger partial charge in [0.15, 0.2) is 5.82 Å². The first-order chi connectivity index (χ1) is 11.6. The Labute approximate surface area is 142 Å². The predicted molar refractivity (Wildman–Crippen MR) is 85.7 cm³/mol. The maximum absolute atomic E-state index is 12.0. The highest BCUT2D eigenvalue weighted by atomic mass is 32.2. The van der Waals surface area contributed by atoms with Crippen molar-refractivity contribution in [2.75, 3.05) is 25.4 Å². The highest BCUT2D eigenvalue weighted by Gasteiger charge is 2.28. The molecule has 0 radical (unpaired) electrons. The van der Waals surface area contributed by atoms with Gasteiger partial charge in [0.2, 0.25) is 10.0 Å². The Morgan fingerprint density at radius 1 is 1.29 bits per heavy atom. The average molecular weight is 359 g/mol. The topological polar surface area (TPSA) is 94.8 Å². The van der Waals surface area contributed by atoms with Crippen molar-refractivity contribution in [3.63, 3.8) is 0 Å². The normalized spacial score (nSPS) is 23.8. The second-order valence-corrected chi connectivity index (χ2v) is 8.36. The van der Waals surface area contributed by atoms with Crippen molar-refractivity contribution in [3.8, 4) is 0 Å². The minimum Gasteiger partial charge on any atom is -0.370 e. The molecule has 8 nitrogen and oxygen atoms in total. The fourth-order valence-corrected chi connectivity index (χ4v) is 4.63. The van der Waals surface area contributed by atoms with E-state index in [-0.39, 0.29) is 24.6 Å². The third-order valence-corrected chi connectivity index (χ3v) is 6.47. The lowest BCUT2D eigenvalue weighted by molar-refractivity contribution is 0.00637. The highest BCUT2D eigenvalue weighted by molar-refractivity contribution is 7.89. The average Bonchev–Trinajstić information content (AvgIpc) is 3.24. The van der Waals surface area contributed by atoms with Gasteiger partial charge in [-0.15, -0.1) is 0 Å². The molecule has 0 amide bonds. The molecule has 9 heteroatoms. The predicted octanol–water partition coefficient (Wildman–Crippen LogP) is 1.64. The maximum Gasteiger partial charge on any atom is 0.255 e. The monoisotopic (exact) mass is 359 g/mol. The van der Waals surface area contributed by atoms with E-state index in [1.165, 1.54) is 0 Å². The molecule has 0 spiro atoms. The van der Waals surface area contributed by atoms with Crippen molar-refractivity contribution in [2.45, 2.75) is 57.8 Å². The zero-order valence-electron chi connectivity index (χ0n) is 14.0. The molecule has 0 N–H and O–H groups in total. The van der Waals surface area contributed by atoms with E-state index in [2.05, 4.69) is 10.1 Å². The van der Waals surface area contributed by atoms with Crippen molar-refractivity contribution >= 4 is 10.0 Å². The van der Waals surface area contributed by atoms with Gasteiger partial charge in [-0.1, -0.05) is 12.1 Å². The van der Waals surface area contributed by atoms with Crippen LogP contribution in [0, 0.1) is 0 Å². The largest absolute Gasteiger partial charge is 0.370 e. The summed E-state index contributed by atoms with van der Waals surface area (Å²) >= 11 is 0. The summed E-state index contributed by atoms with van der Waals surface area (Å²) in [5, 5.41) is 3.93. The first-order valence-electron chi connectivity index (χ1n) is 8.62. The third-order valence-electron chi connectivity index (χ3n) is 4.39. The molecule has 1 aromatic heterocycles. The maximum atomic E-state index is 12.0. The number of piperidine rings is 1. The molecule has 3 heterocycles. The van der Waals surface area contributed by atoms with Crippen LogP contribution in [0.15, 0.2) is 4.52 Å². The fraction of sp³-hybridized carbons (Fsp3) is 0.867. The Morgan fingerprint density at radius 3 is 2.75 bits per heavy atom. The lowest BCUT2D eigenvalue weighted by Crippen LogP contribution is -2.41. The molecule has 0 aromatic carbocycles. The molecule has 2 fully saturated rings. The number of hydrogen-bond acceptors (Lipinski definition) is 7. The highest BCUT2D eigenvalue weighted by Crippen LogP contribution is 2.27. The zero-order chi connectivity index (χ0) is 17.0. The van der Waals surface area contributed by atoms with E-state index in [0.717, 1.165) is 19.4 Å². The molecule has 0 aliphatic carbocycles. The van der Waals surface area contributed by atoms with Crippen molar-refractivity contribution in [1.82, 2.24) is 14.4 Å². The van der Waals surface area contributed by atoms with E-state index in [4.69, 9.17) is 14.0 Å². The Bertz CT molecular complexity index is 619. The van der Waals surface area contributed by atoms with E-state index in [1.807, 2.05) is 6.92 Å². The molecule has 24 heavy (non-hydrogen) atoms. The quantitative estimate of drug-likeness (QED) is 0.730. The molecule has 2 aliphatic rings. The van der Waals surface area contributed by atoms with Crippen molar-refractivity contribution in [2.24, 2.45) is 0 Å². The number of hydrogen-bond donors (Lipinski definition) is 0. The molecule has 136 valence electrons. The van der Waals surface area contributed by atoms with Crippen LogP contribution in [-0.2, 0) is 26.1 Å². The Balaban J connectivity index is 1.44. The zero-order valence-corrected chi connectivity index (χ0v) is 14.8. The molecule has 1 atom stereocenters. The second kappa shape index (κ2) is 7.90. The Hall–Kier alpha value is -1.03. The van der Waals surface area contributed by atoms with Crippen LogP contribution in [0.4, 0.5) is 0 Å². The van der Waals surface area contributed by atoms with Crippen LogP contribution in [0.2, 0.25) is 0 Å². The lowest BCUT2D eigenvalue weighted by Gasteiger charge is -2.30. The number of nitrogens with zero attached hydrogens (tertiary/aromatic N) is 3. The molecule has 0 saturated carbocycles. The van der Waals surface area contributed by atoms with Crippen LogP contribution in [0.1, 0.15) is 56.8 Å². The van der Waals surface area contributed by atoms with Crippen LogP contribution in [0.5, 0.6) is 0 Å². The first kappa shape index (κ1) is 17.8. The van der Waals surface area contributed by atoms with Gasteiger partial charge in [-0.3, -0.25) is 0 Å². The standard InChI is InChI=1S/C15H25N3O5S/c1-2-10-24(19,20)18-7-5-12(6-8-18)22-11-14-16-15(23-17-14)13-4-3-9-21-13/h12-13H,2-11H2,1H3. The fourth-order valence-electron chi connectivity index (χ4n) is 3.09. The second-order valence-electron chi connectivity index (χ2n) is 6.28. The van der Waals surface area contributed by atoms with Gasteiger partial charge in [0, 0.05) is 19.7 Å². The smallest absolute Gasteiger partial charge is 0.255 e. The number of aromatic nitrogens is 2. The van der Waals surface area contributed by atoms with Crippen LogP contribution < -0.4 is 0 Å². The van der Waals surface area contributed by atoms with Gasteiger partial charge in [-0.25, -0.2) is 12.7 Å². The minimum absolute atomic E-state index is 0.0303. The van der Waals surface area contributed by atoms with E-state index >= 15 is 0 Å². The molecule has 1 aromatic rings. The molecule has 2 aliphatic heterocycles. The van der Waals surface area contributed by atoms with Crippen LogP contribution in [0.25, 0.3) is 0 Å². The minimum atomic E-state index is -3.11. The summed E-state index contributed by atoms with van der Waals surface area (Å²) < 4.78 is 42.2. The molecule has 1 unspecified atom stereocenters. The Kier molecular flexibility index (Phi) is 5.85. The molecular weight excluding hydrogens is 334 g/mol. The number of rotatable bonds is 7. The first-order valence-corrected chi connectivity index (χ1v) is 10.2. The van der Waals surface area contributed by atoms with E-state index < -0.39 is 10.0 Å². The van der Waals surface area contributed by atoms with Gasteiger partial charge < -0.3 is 14.0 Å². The lowest BCUT2D eigenvalue weighted by atomic mass is 10.1. The van der Waals surface area contributed by atoms with Gasteiger partial charge in [-0.05, 0) is 32.1 Å². The van der Waals surface area contributed by atoms with Crippen LogP contribution in [0.3, 0.4) is 0 Å². The van der Waals surface area contributed by atoms with Gasteiger partial charge >= 0.3 is 0 Å². The molecular formula is C15H25N3O5S. The summed E-state index contributed by atoms with van der Waals surface area (Å²) in [5.41, 5.74) is 0. The van der Waals surface area contributed by atoms with Gasteiger partial charge in [0.05, 0.1) is 11.9 Å². The summed E-state index contributed by atoms with van der Waals surface area (Å²) in [7, 11) is -3.11. The van der Waals surface area contributed by atoms with Crippen molar-refractivity contribution in [1.29, 1.82) is 0 Å². The van der Waals surface area contributed by atoms with Crippen LogP contribution in [-0.4, -0.2) is 54.4 Å². The summed E-state index contributed by atoms with van der Waals surface area (Å²) in [4.78, 5) is 4.32. The van der Waals surface area contributed by atoms with Crippen molar-refractivity contribution < 1.29 is 22.4 Å². The van der Waals surface area contributed by atoms with E-state index in [1.54, 1.807) is 4.31 Å². The third kappa shape index (κ3) is 4.33. The van der Waals surface area contributed by atoms with Gasteiger partial charge in [-0.2, -0.15) is 4.98 Å². The SMILES string of the molecule is CCCS(=O)(=O)N1CCC(OCc2noc(C3CCCO3)n2)CC1. The number of ether oxygens (including phenoxy) is 2. The van der Waals surface area contributed by atoms with Gasteiger partial charge in [0.25, 0.3) is 5.89 Å². The number of sulfonamides is 1.